The third-order valence-corrected chi connectivity index (χ3v) is 3.31. The number of carbonyl (C=O) groups excluding carboxylic acids is 1. The number of carbonyl (C=O) groups is 1. The first kappa shape index (κ1) is 17.7. The summed E-state index contributed by atoms with van der Waals surface area (Å²) in [6.07, 6.45) is 2.30. The van der Waals surface area contributed by atoms with Crippen molar-refractivity contribution in [2.75, 3.05) is 19.6 Å². The molecule has 3 nitrogen and oxygen atoms in total. The van der Waals surface area contributed by atoms with Crippen LogP contribution in [-0.2, 0) is 0 Å². The minimum absolute atomic E-state index is 0.148. The fourth-order valence-electron chi connectivity index (χ4n) is 2.41. The van der Waals surface area contributed by atoms with Gasteiger partial charge >= 0.3 is 0 Å². The zero-order valence-electron chi connectivity index (χ0n) is 14.1. The van der Waals surface area contributed by atoms with E-state index >= 15 is 0 Å². The molecule has 0 bridgehead atoms. The van der Waals surface area contributed by atoms with E-state index in [0.29, 0.717) is 6.54 Å². The first-order chi connectivity index (χ1) is 9.97. The van der Waals surface area contributed by atoms with Crippen LogP contribution >= 0.6 is 0 Å². The second-order valence-corrected chi connectivity index (χ2v) is 5.85. The van der Waals surface area contributed by atoms with Crippen LogP contribution in [0.2, 0.25) is 0 Å². The van der Waals surface area contributed by atoms with Gasteiger partial charge < -0.3 is 4.74 Å². The highest BCUT2D eigenvalue weighted by Gasteiger charge is 2.13. The van der Waals surface area contributed by atoms with Gasteiger partial charge in [-0.25, -0.2) is 0 Å². The molecule has 1 aromatic rings. The largest absolute Gasteiger partial charge is 0.491 e. The summed E-state index contributed by atoms with van der Waals surface area (Å²) in [6, 6.07) is 5.73. The Morgan fingerprint density at radius 2 is 1.81 bits per heavy atom. The minimum atomic E-state index is 0.148. The number of hydrogen-bond donors (Lipinski definition) is 0. The zero-order chi connectivity index (χ0) is 15.8. The average molecular weight is 291 g/mol. The van der Waals surface area contributed by atoms with Crippen LogP contribution in [0, 0.1) is 6.92 Å². The monoisotopic (exact) mass is 291 g/mol. The fourth-order valence-corrected chi connectivity index (χ4v) is 2.41. The summed E-state index contributed by atoms with van der Waals surface area (Å²) in [7, 11) is 0. The van der Waals surface area contributed by atoms with Crippen molar-refractivity contribution >= 4 is 5.78 Å². The van der Waals surface area contributed by atoms with E-state index in [1.807, 2.05) is 39.0 Å². The Hall–Kier alpha value is -1.35. The normalized spacial score (nSPS) is 11.2. The van der Waals surface area contributed by atoms with E-state index in [1.54, 1.807) is 0 Å². The van der Waals surface area contributed by atoms with Crippen molar-refractivity contribution in [1.29, 1.82) is 0 Å². The lowest BCUT2D eigenvalue weighted by molar-refractivity contribution is 0.0930. The van der Waals surface area contributed by atoms with Crippen LogP contribution in [-0.4, -0.2) is 36.4 Å². The number of ketones is 1. The van der Waals surface area contributed by atoms with Crippen LogP contribution in [0.15, 0.2) is 18.2 Å². The molecule has 118 valence electrons. The average Bonchev–Trinajstić information content (AvgIpc) is 2.41. The minimum Gasteiger partial charge on any atom is -0.491 e. The van der Waals surface area contributed by atoms with Gasteiger partial charge in [0.1, 0.15) is 5.75 Å². The number of benzene rings is 1. The molecule has 0 saturated carbocycles. The molecule has 0 aliphatic rings. The molecular weight excluding hydrogens is 262 g/mol. The first-order valence-electron chi connectivity index (χ1n) is 8.00. The Bertz CT molecular complexity index is 449. The third kappa shape index (κ3) is 5.88. The van der Waals surface area contributed by atoms with Crippen LogP contribution in [0.3, 0.4) is 0 Å². The molecular formula is C18H29NO2. The van der Waals surface area contributed by atoms with Crippen LogP contribution < -0.4 is 4.74 Å². The van der Waals surface area contributed by atoms with E-state index in [1.165, 1.54) is 0 Å². The van der Waals surface area contributed by atoms with Gasteiger partial charge in [0.2, 0.25) is 0 Å². The molecule has 1 aromatic carbocycles. The lowest BCUT2D eigenvalue weighted by Gasteiger charge is -2.20. The highest BCUT2D eigenvalue weighted by atomic mass is 16.5. The number of hydrogen-bond acceptors (Lipinski definition) is 3. The lowest BCUT2D eigenvalue weighted by Crippen LogP contribution is -2.31. The number of ether oxygens (including phenoxy) is 1. The molecule has 0 aliphatic heterocycles. The van der Waals surface area contributed by atoms with Gasteiger partial charge in [-0.2, -0.15) is 0 Å². The van der Waals surface area contributed by atoms with Crippen LogP contribution in [0.1, 0.15) is 56.5 Å². The number of Topliss-reactive ketones (excluding diaryl/α,β-unsaturated/α-hetero) is 1. The number of rotatable bonds is 9. The van der Waals surface area contributed by atoms with Gasteiger partial charge in [-0.15, -0.1) is 0 Å². The van der Waals surface area contributed by atoms with Crippen molar-refractivity contribution in [3.63, 3.8) is 0 Å². The lowest BCUT2D eigenvalue weighted by atomic mass is 10.1. The molecule has 0 fully saturated rings. The van der Waals surface area contributed by atoms with Gasteiger partial charge in [0.25, 0.3) is 0 Å². The van der Waals surface area contributed by atoms with E-state index in [9.17, 15) is 4.79 Å². The van der Waals surface area contributed by atoms with Crippen molar-refractivity contribution in [3.05, 3.63) is 29.3 Å². The summed E-state index contributed by atoms with van der Waals surface area (Å²) in [5.41, 5.74) is 1.80. The van der Waals surface area contributed by atoms with Gasteiger partial charge in [-0.3, -0.25) is 9.69 Å². The highest BCUT2D eigenvalue weighted by Crippen LogP contribution is 2.21. The molecule has 0 heterocycles. The summed E-state index contributed by atoms with van der Waals surface area (Å²) < 4.78 is 5.72. The second kappa shape index (κ2) is 8.83. The molecule has 21 heavy (non-hydrogen) atoms. The Morgan fingerprint density at radius 1 is 1.19 bits per heavy atom. The van der Waals surface area contributed by atoms with Gasteiger partial charge in [-0.05, 0) is 70.5 Å². The molecule has 0 aromatic heterocycles. The van der Waals surface area contributed by atoms with Crippen LogP contribution in [0.4, 0.5) is 0 Å². The summed E-state index contributed by atoms with van der Waals surface area (Å²) in [6.45, 7) is 12.8. The Balaban J connectivity index is 2.75. The van der Waals surface area contributed by atoms with Crippen LogP contribution in [0.5, 0.6) is 5.75 Å². The van der Waals surface area contributed by atoms with Crippen LogP contribution in [0.25, 0.3) is 0 Å². The quantitative estimate of drug-likeness (QED) is 0.642. The second-order valence-electron chi connectivity index (χ2n) is 5.85. The fraction of sp³-hybridized carbons (Fsp3) is 0.611. The highest BCUT2D eigenvalue weighted by molar-refractivity contribution is 5.97. The predicted octanol–water partition coefficient (Wildman–Crippen LogP) is 4.09. The molecule has 0 N–H and O–H groups in total. The third-order valence-electron chi connectivity index (χ3n) is 3.31. The predicted molar refractivity (Wildman–Crippen MR) is 88.3 cm³/mol. The molecule has 1 rings (SSSR count). The standard InChI is InChI=1S/C18H29NO2/c1-6-10-19(11-7-2)13-17(20)16-8-9-18(15(5)12-16)21-14(3)4/h8-9,12,14H,6-7,10-11,13H2,1-5H3. The summed E-state index contributed by atoms with van der Waals surface area (Å²) in [4.78, 5) is 14.6. The SMILES string of the molecule is CCCN(CCC)CC(=O)c1ccc(OC(C)C)c(C)c1. The molecule has 0 radical (unpaired) electrons. The van der Waals surface area contributed by atoms with Crippen molar-refractivity contribution in [3.8, 4) is 5.75 Å². The molecule has 0 aliphatic carbocycles. The first-order valence-corrected chi connectivity index (χ1v) is 8.00. The number of nitrogens with zero attached hydrogens (tertiary/aromatic N) is 1. The topological polar surface area (TPSA) is 29.5 Å². The number of aryl methyl sites for hydroxylation is 1. The van der Waals surface area contributed by atoms with Gasteiger partial charge in [0.05, 0.1) is 12.6 Å². The van der Waals surface area contributed by atoms with E-state index in [2.05, 4.69) is 18.7 Å². The summed E-state index contributed by atoms with van der Waals surface area (Å²) in [5, 5.41) is 0. The van der Waals surface area contributed by atoms with E-state index in [4.69, 9.17) is 4.74 Å². The van der Waals surface area contributed by atoms with E-state index < -0.39 is 0 Å². The van der Waals surface area contributed by atoms with E-state index in [0.717, 1.165) is 42.8 Å². The summed E-state index contributed by atoms with van der Waals surface area (Å²) in [5.74, 6) is 1.05. The Labute approximate surface area is 129 Å². The summed E-state index contributed by atoms with van der Waals surface area (Å²) >= 11 is 0. The Kier molecular flexibility index (Phi) is 7.44. The molecule has 3 heteroatoms. The maximum Gasteiger partial charge on any atom is 0.176 e. The molecule has 0 saturated heterocycles. The van der Waals surface area contributed by atoms with Crippen molar-refractivity contribution < 1.29 is 9.53 Å². The van der Waals surface area contributed by atoms with Gasteiger partial charge in [0, 0.05) is 5.56 Å². The molecule has 0 spiro atoms. The van der Waals surface area contributed by atoms with E-state index in [-0.39, 0.29) is 11.9 Å². The smallest absolute Gasteiger partial charge is 0.176 e. The van der Waals surface area contributed by atoms with Crippen molar-refractivity contribution in [2.45, 2.75) is 53.6 Å². The van der Waals surface area contributed by atoms with Crippen molar-refractivity contribution in [1.82, 2.24) is 4.90 Å². The maximum absolute atomic E-state index is 12.4. The van der Waals surface area contributed by atoms with Gasteiger partial charge in [-0.1, -0.05) is 13.8 Å². The zero-order valence-corrected chi connectivity index (χ0v) is 14.1. The Morgan fingerprint density at radius 3 is 2.29 bits per heavy atom. The molecule has 0 atom stereocenters. The maximum atomic E-state index is 12.4. The molecule has 0 amide bonds. The molecule has 0 unspecified atom stereocenters. The van der Waals surface area contributed by atoms with Crippen molar-refractivity contribution in [2.24, 2.45) is 0 Å². The van der Waals surface area contributed by atoms with Gasteiger partial charge in [0.15, 0.2) is 5.78 Å².